The second-order valence-corrected chi connectivity index (χ2v) is 15.4. The van der Waals surface area contributed by atoms with E-state index >= 15 is 0 Å². The minimum absolute atomic E-state index is 0.0107. The molecule has 3 aromatic carbocycles. The highest BCUT2D eigenvalue weighted by molar-refractivity contribution is 7.90. The van der Waals surface area contributed by atoms with Crippen molar-refractivity contribution in [3.05, 3.63) is 78.4 Å². The number of amides is 4. The predicted octanol–water partition coefficient (Wildman–Crippen LogP) is 1.74. The Morgan fingerprint density at radius 2 is 1.62 bits per heavy atom. The van der Waals surface area contributed by atoms with Crippen LogP contribution < -0.4 is 20.7 Å². The lowest BCUT2D eigenvalue weighted by atomic mass is 9.99. The number of benzene rings is 3. The molecule has 4 N–H and O–H groups in total. The zero-order valence-electron chi connectivity index (χ0n) is 27.6. The van der Waals surface area contributed by atoms with Crippen LogP contribution in [-0.2, 0) is 35.4 Å². The molecule has 0 aromatic heterocycles. The van der Waals surface area contributed by atoms with E-state index < -0.39 is 69.7 Å². The first-order chi connectivity index (χ1) is 22.6. The standard InChI is InChI=1S/C35H44N4O8S/c1-35(2,3)38-33(43)29-15-10-18-39(29)34(44)31(41)27(19-23-11-6-5-7-12-23)37-32(42)28(22-48(4,45)46)36-30(40)21-47-26-17-16-24-13-8-9-14-25(24)20-26/h5-9,11-14,16-17,20,27-29,31,41H,10,15,18-19,21-22H2,1-4H3,(H,36,40)(H,37,42)(H,38,43)/t27-,28-,29-,31-/m0/s1. The van der Waals surface area contributed by atoms with Crippen LogP contribution in [0.15, 0.2) is 72.8 Å². The van der Waals surface area contributed by atoms with Crippen molar-refractivity contribution in [1.82, 2.24) is 20.9 Å². The van der Waals surface area contributed by atoms with Crippen molar-refractivity contribution in [3.8, 4) is 5.75 Å². The van der Waals surface area contributed by atoms with Gasteiger partial charge in [-0.3, -0.25) is 19.2 Å². The fraction of sp³-hybridized carbons (Fsp3) is 0.429. The summed E-state index contributed by atoms with van der Waals surface area (Å²) in [5, 5.41) is 21.2. The van der Waals surface area contributed by atoms with Gasteiger partial charge in [0.2, 0.25) is 11.8 Å². The highest BCUT2D eigenvalue weighted by atomic mass is 32.2. The summed E-state index contributed by atoms with van der Waals surface area (Å²) in [4.78, 5) is 54.5. The zero-order valence-corrected chi connectivity index (χ0v) is 28.5. The number of carbonyl (C=O) groups excluding carboxylic acids is 4. The Morgan fingerprint density at radius 3 is 2.29 bits per heavy atom. The van der Waals surface area contributed by atoms with Crippen molar-refractivity contribution in [2.75, 3.05) is 25.2 Å². The van der Waals surface area contributed by atoms with Crippen LogP contribution in [0.1, 0.15) is 39.2 Å². The van der Waals surface area contributed by atoms with Gasteiger partial charge in [-0.15, -0.1) is 0 Å². The molecule has 1 aliphatic heterocycles. The summed E-state index contributed by atoms with van der Waals surface area (Å²) < 4.78 is 30.2. The van der Waals surface area contributed by atoms with Gasteiger partial charge in [0.25, 0.3) is 11.8 Å². The smallest absolute Gasteiger partial charge is 0.258 e. The molecule has 13 heteroatoms. The van der Waals surface area contributed by atoms with Gasteiger partial charge in [-0.2, -0.15) is 0 Å². The molecule has 0 spiro atoms. The SMILES string of the molecule is CC(C)(C)NC(=O)[C@@H]1CCCN1C(=O)[C@@H](O)[C@H](Cc1ccccc1)NC(=O)[C@H](CS(C)(=O)=O)NC(=O)COc1ccc2ccccc2c1. The topological polar surface area (TPSA) is 171 Å². The van der Waals surface area contributed by atoms with Crippen molar-refractivity contribution in [3.63, 3.8) is 0 Å². The molecule has 1 heterocycles. The number of ether oxygens (including phenoxy) is 1. The van der Waals surface area contributed by atoms with E-state index in [1.807, 2.05) is 51.1 Å². The van der Waals surface area contributed by atoms with Gasteiger partial charge in [-0.1, -0.05) is 60.7 Å². The van der Waals surface area contributed by atoms with Crippen molar-refractivity contribution in [1.29, 1.82) is 0 Å². The number of aliphatic hydroxyl groups is 1. The van der Waals surface area contributed by atoms with Crippen molar-refractivity contribution in [2.45, 2.75) is 69.8 Å². The number of hydrogen-bond acceptors (Lipinski definition) is 8. The number of nitrogens with zero attached hydrogens (tertiary/aromatic N) is 1. The average Bonchev–Trinajstić information content (AvgIpc) is 3.52. The fourth-order valence-electron chi connectivity index (χ4n) is 5.62. The van der Waals surface area contributed by atoms with E-state index in [1.54, 1.807) is 42.5 Å². The van der Waals surface area contributed by atoms with Crippen LogP contribution in [0.25, 0.3) is 10.8 Å². The van der Waals surface area contributed by atoms with E-state index in [0.717, 1.165) is 17.0 Å². The second-order valence-electron chi connectivity index (χ2n) is 13.2. The third-order valence-corrected chi connectivity index (χ3v) is 8.75. The first-order valence-electron chi connectivity index (χ1n) is 15.8. The molecule has 1 fully saturated rings. The van der Waals surface area contributed by atoms with E-state index in [4.69, 9.17) is 4.74 Å². The largest absolute Gasteiger partial charge is 0.484 e. The van der Waals surface area contributed by atoms with Gasteiger partial charge in [0.15, 0.2) is 12.7 Å². The third-order valence-electron chi connectivity index (χ3n) is 7.81. The minimum atomic E-state index is -3.78. The monoisotopic (exact) mass is 680 g/mol. The van der Waals surface area contributed by atoms with Gasteiger partial charge < -0.3 is 30.7 Å². The predicted molar refractivity (Wildman–Crippen MR) is 182 cm³/mol. The highest BCUT2D eigenvalue weighted by Crippen LogP contribution is 2.22. The van der Waals surface area contributed by atoms with Gasteiger partial charge in [0.05, 0.1) is 11.8 Å². The maximum Gasteiger partial charge on any atom is 0.258 e. The summed E-state index contributed by atoms with van der Waals surface area (Å²) in [5.74, 6) is -3.05. The molecular formula is C35H44N4O8S. The van der Waals surface area contributed by atoms with Gasteiger partial charge in [0, 0.05) is 18.3 Å². The lowest BCUT2D eigenvalue weighted by molar-refractivity contribution is -0.147. The molecule has 4 amide bonds. The molecule has 0 unspecified atom stereocenters. The van der Waals surface area contributed by atoms with Gasteiger partial charge in [0.1, 0.15) is 27.7 Å². The van der Waals surface area contributed by atoms with Gasteiger partial charge >= 0.3 is 0 Å². The van der Waals surface area contributed by atoms with E-state index in [-0.39, 0.29) is 18.9 Å². The van der Waals surface area contributed by atoms with Crippen LogP contribution in [0.2, 0.25) is 0 Å². The van der Waals surface area contributed by atoms with Crippen LogP contribution >= 0.6 is 0 Å². The Morgan fingerprint density at radius 1 is 0.958 bits per heavy atom. The van der Waals surface area contributed by atoms with Crippen LogP contribution in [-0.4, -0.2) is 97.0 Å². The van der Waals surface area contributed by atoms with Crippen molar-refractivity contribution < 1.29 is 37.4 Å². The highest BCUT2D eigenvalue weighted by Gasteiger charge is 2.41. The Bertz CT molecular complexity index is 1730. The number of rotatable bonds is 13. The summed E-state index contributed by atoms with van der Waals surface area (Å²) in [6, 6.07) is 18.2. The molecule has 3 aromatic rings. The van der Waals surface area contributed by atoms with Crippen molar-refractivity contribution >= 4 is 44.2 Å². The molecule has 48 heavy (non-hydrogen) atoms. The maximum absolute atomic E-state index is 13.7. The number of sulfone groups is 1. The second kappa shape index (κ2) is 15.6. The van der Waals surface area contributed by atoms with E-state index in [0.29, 0.717) is 24.2 Å². The molecule has 12 nitrogen and oxygen atoms in total. The lowest BCUT2D eigenvalue weighted by Crippen LogP contribution is -2.59. The third kappa shape index (κ3) is 10.5. The summed E-state index contributed by atoms with van der Waals surface area (Å²) in [5.41, 5.74) is 0.154. The van der Waals surface area contributed by atoms with Crippen LogP contribution in [0.4, 0.5) is 0 Å². The summed E-state index contributed by atoms with van der Waals surface area (Å²) >= 11 is 0. The van der Waals surface area contributed by atoms with E-state index in [1.165, 1.54) is 4.90 Å². The molecule has 4 atom stereocenters. The van der Waals surface area contributed by atoms with Crippen LogP contribution in [0.5, 0.6) is 5.75 Å². The van der Waals surface area contributed by atoms with E-state index in [2.05, 4.69) is 16.0 Å². The van der Waals surface area contributed by atoms with Crippen LogP contribution in [0.3, 0.4) is 0 Å². The zero-order chi connectivity index (χ0) is 35.1. The molecular weight excluding hydrogens is 636 g/mol. The fourth-order valence-corrected chi connectivity index (χ4v) is 6.46. The first-order valence-corrected chi connectivity index (χ1v) is 17.9. The van der Waals surface area contributed by atoms with Gasteiger partial charge in [-0.25, -0.2) is 8.42 Å². The lowest BCUT2D eigenvalue weighted by Gasteiger charge is -2.32. The number of likely N-dealkylation sites (tertiary alicyclic amines) is 1. The first kappa shape index (κ1) is 36.3. The molecule has 4 rings (SSSR count). The Balaban J connectivity index is 1.50. The normalized spacial score (nSPS) is 16.9. The average molecular weight is 681 g/mol. The Labute approximate surface area is 281 Å². The Hall–Kier alpha value is -4.49. The summed E-state index contributed by atoms with van der Waals surface area (Å²) in [6.07, 6.45) is 0.139. The summed E-state index contributed by atoms with van der Waals surface area (Å²) in [6.45, 7) is 5.23. The molecule has 0 saturated carbocycles. The molecule has 258 valence electrons. The molecule has 0 bridgehead atoms. The number of nitrogens with one attached hydrogen (secondary N) is 3. The van der Waals surface area contributed by atoms with E-state index in [9.17, 15) is 32.7 Å². The number of fused-ring (bicyclic) bond motifs is 1. The quantitative estimate of drug-likeness (QED) is 0.212. The molecule has 1 aliphatic rings. The Kier molecular flexibility index (Phi) is 11.8. The molecule has 1 saturated heterocycles. The number of carbonyl (C=O) groups is 4. The van der Waals surface area contributed by atoms with Gasteiger partial charge in [-0.05, 0) is 68.5 Å². The minimum Gasteiger partial charge on any atom is -0.484 e. The van der Waals surface area contributed by atoms with Crippen molar-refractivity contribution in [2.24, 2.45) is 0 Å². The molecule has 0 radical (unpaired) electrons. The maximum atomic E-state index is 13.7. The summed E-state index contributed by atoms with van der Waals surface area (Å²) in [7, 11) is -3.78. The number of aliphatic hydroxyl groups excluding tert-OH is 1. The number of hydrogen-bond donors (Lipinski definition) is 4. The van der Waals surface area contributed by atoms with Crippen LogP contribution in [0, 0.1) is 0 Å². The molecule has 0 aliphatic carbocycles.